The molecule has 0 aromatic rings. The first-order valence-corrected chi connectivity index (χ1v) is 6.87. The maximum absolute atomic E-state index is 11.2. The molecule has 0 radical (unpaired) electrons. The van der Waals surface area contributed by atoms with Gasteiger partial charge in [0.1, 0.15) is 0 Å². The maximum Gasteiger partial charge on any atom is 0.305 e. The molecule has 20 heavy (non-hydrogen) atoms. The molecule has 0 fully saturated rings. The summed E-state index contributed by atoms with van der Waals surface area (Å²) < 4.78 is 14.9. The van der Waals surface area contributed by atoms with Crippen molar-refractivity contribution in [3.05, 3.63) is 0 Å². The monoisotopic (exact) mass is 292 g/mol. The summed E-state index contributed by atoms with van der Waals surface area (Å²) in [4.78, 5) is 20.2. The maximum atomic E-state index is 11.2. The molecule has 0 bridgehead atoms. The van der Waals surface area contributed by atoms with Crippen LogP contribution in [0.25, 0.3) is 0 Å². The summed E-state index contributed by atoms with van der Waals surface area (Å²) in [6.07, 6.45) is 5.26. The van der Waals surface area contributed by atoms with Gasteiger partial charge in [0.2, 0.25) is 0 Å². The molecule has 0 saturated heterocycles. The van der Waals surface area contributed by atoms with Crippen LogP contribution in [0.2, 0.25) is 0 Å². The van der Waals surface area contributed by atoms with Crippen LogP contribution in [0.3, 0.4) is 0 Å². The van der Waals surface area contributed by atoms with Crippen LogP contribution in [0.5, 0.6) is 0 Å². The summed E-state index contributed by atoms with van der Waals surface area (Å²) >= 11 is 0. The molecule has 0 spiro atoms. The number of unbranched alkanes of at least 4 members (excludes halogenated alkanes) is 3. The summed E-state index contributed by atoms with van der Waals surface area (Å²) in [5.41, 5.74) is 0. The molecule has 0 heterocycles. The third kappa shape index (κ3) is 25.6. The van der Waals surface area contributed by atoms with Gasteiger partial charge in [-0.15, -0.1) is 0 Å². The summed E-state index contributed by atoms with van der Waals surface area (Å²) in [6.45, 7) is 3.10. The fourth-order valence-electron chi connectivity index (χ4n) is 1.30. The van der Waals surface area contributed by atoms with E-state index in [-0.39, 0.29) is 5.97 Å². The fourth-order valence-corrected chi connectivity index (χ4v) is 1.30. The molecule has 6 heteroatoms. The van der Waals surface area contributed by atoms with Gasteiger partial charge in [0.05, 0.1) is 6.61 Å². The highest BCUT2D eigenvalue weighted by Crippen LogP contribution is 2.02. The van der Waals surface area contributed by atoms with Gasteiger partial charge in [0, 0.05) is 40.8 Å². The molecule has 0 unspecified atom stereocenters. The number of aliphatic carboxylic acids is 1. The van der Waals surface area contributed by atoms with E-state index >= 15 is 0 Å². The van der Waals surface area contributed by atoms with Gasteiger partial charge < -0.3 is 19.3 Å². The van der Waals surface area contributed by atoms with Crippen LogP contribution in [0.4, 0.5) is 0 Å². The van der Waals surface area contributed by atoms with Crippen molar-refractivity contribution < 1.29 is 28.9 Å². The Balaban J connectivity index is 0. The molecule has 0 aliphatic carbocycles. The Bertz CT molecular complexity index is 210. The number of rotatable bonds is 11. The molecule has 6 nitrogen and oxygen atoms in total. The number of hydrogen-bond donors (Lipinski definition) is 1. The predicted octanol–water partition coefficient (Wildman–Crippen LogP) is 2.25. The molecule has 1 N–H and O–H groups in total. The predicted molar refractivity (Wildman–Crippen MR) is 75.7 cm³/mol. The highest BCUT2D eigenvalue weighted by molar-refractivity contribution is 5.69. The third-order valence-electron chi connectivity index (χ3n) is 2.24. The van der Waals surface area contributed by atoms with Crippen LogP contribution < -0.4 is 0 Å². The minimum absolute atomic E-state index is 0.0881. The van der Waals surface area contributed by atoms with Crippen molar-refractivity contribution in [3.8, 4) is 0 Å². The number of carboxylic acid groups (broad SMARTS) is 1. The molecule has 0 saturated carbocycles. The second-order valence-corrected chi connectivity index (χ2v) is 4.24. The SMILES string of the molecule is CC(=O)O.COCCCCCC(=O)OCCCCOC. The van der Waals surface area contributed by atoms with Crippen LogP contribution in [-0.2, 0) is 23.8 Å². The number of methoxy groups -OCH3 is 2. The molecule has 0 aliphatic heterocycles. The van der Waals surface area contributed by atoms with Gasteiger partial charge in [-0.3, -0.25) is 9.59 Å². The normalized spacial score (nSPS) is 9.55. The van der Waals surface area contributed by atoms with Crippen LogP contribution >= 0.6 is 0 Å². The van der Waals surface area contributed by atoms with Gasteiger partial charge in [0.25, 0.3) is 5.97 Å². The minimum atomic E-state index is -0.833. The average Bonchev–Trinajstić information content (AvgIpc) is 2.37. The summed E-state index contributed by atoms with van der Waals surface area (Å²) in [7, 11) is 3.36. The van der Waals surface area contributed by atoms with E-state index in [0.717, 1.165) is 52.2 Å². The second kappa shape index (κ2) is 17.9. The zero-order valence-electron chi connectivity index (χ0n) is 12.9. The zero-order chi connectivity index (χ0) is 15.6. The van der Waals surface area contributed by atoms with Crippen molar-refractivity contribution in [2.75, 3.05) is 34.0 Å². The number of carboxylic acids is 1. The Hall–Kier alpha value is -1.14. The number of carbonyl (C=O) groups excluding carboxylic acids is 1. The first-order chi connectivity index (χ1) is 9.54. The highest BCUT2D eigenvalue weighted by Gasteiger charge is 2.01. The lowest BCUT2D eigenvalue weighted by Crippen LogP contribution is -2.06. The van der Waals surface area contributed by atoms with Crippen LogP contribution in [-0.4, -0.2) is 51.1 Å². The molecule has 0 atom stereocenters. The quantitative estimate of drug-likeness (QED) is 0.464. The van der Waals surface area contributed by atoms with E-state index in [2.05, 4.69) is 0 Å². The summed E-state index contributed by atoms with van der Waals surface area (Å²) in [6, 6.07) is 0. The third-order valence-corrected chi connectivity index (χ3v) is 2.24. The first kappa shape index (κ1) is 21.2. The fraction of sp³-hybridized carbons (Fsp3) is 0.857. The van der Waals surface area contributed by atoms with Crippen molar-refractivity contribution >= 4 is 11.9 Å². The van der Waals surface area contributed by atoms with E-state index in [1.165, 1.54) is 0 Å². The van der Waals surface area contributed by atoms with Crippen molar-refractivity contribution in [2.24, 2.45) is 0 Å². The van der Waals surface area contributed by atoms with Crippen LogP contribution in [0.1, 0.15) is 45.4 Å². The highest BCUT2D eigenvalue weighted by atomic mass is 16.5. The molecule has 0 amide bonds. The Kier molecular flexibility index (Phi) is 18.9. The van der Waals surface area contributed by atoms with E-state index < -0.39 is 5.97 Å². The largest absolute Gasteiger partial charge is 0.481 e. The summed E-state index contributed by atoms with van der Waals surface area (Å²) in [5, 5.41) is 7.42. The van der Waals surface area contributed by atoms with Crippen molar-refractivity contribution in [2.45, 2.75) is 45.4 Å². The van der Waals surface area contributed by atoms with E-state index in [0.29, 0.717) is 13.0 Å². The lowest BCUT2D eigenvalue weighted by atomic mass is 10.2. The number of hydrogen-bond acceptors (Lipinski definition) is 5. The molecular weight excluding hydrogens is 264 g/mol. The number of esters is 1. The Morgan fingerprint density at radius 3 is 1.80 bits per heavy atom. The van der Waals surface area contributed by atoms with Gasteiger partial charge >= 0.3 is 5.97 Å². The van der Waals surface area contributed by atoms with E-state index in [4.69, 9.17) is 24.1 Å². The van der Waals surface area contributed by atoms with Gasteiger partial charge in [-0.2, -0.15) is 0 Å². The molecule has 0 rings (SSSR count). The smallest absolute Gasteiger partial charge is 0.305 e. The van der Waals surface area contributed by atoms with Gasteiger partial charge in [-0.1, -0.05) is 6.42 Å². The van der Waals surface area contributed by atoms with Crippen LogP contribution in [0.15, 0.2) is 0 Å². The standard InChI is InChI=1S/C12H24O4.C2H4O2/c1-14-9-5-3-4-8-12(13)16-11-7-6-10-15-2;1-2(3)4/h3-11H2,1-2H3;1H3,(H,3,4). The number of carbonyl (C=O) groups is 2. The van der Waals surface area contributed by atoms with Gasteiger partial charge in [-0.05, 0) is 25.7 Å². The van der Waals surface area contributed by atoms with E-state index in [1.807, 2.05) is 0 Å². The summed E-state index contributed by atoms with van der Waals surface area (Å²) in [5.74, 6) is -0.921. The topological polar surface area (TPSA) is 82.1 Å². The van der Waals surface area contributed by atoms with Crippen LogP contribution in [0, 0.1) is 0 Å². The average molecular weight is 292 g/mol. The molecule has 120 valence electrons. The van der Waals surface area contributed by atoms with E-state index in [1.54, 1.807) is 14.2 Å². The second-order valence-electron chi connectivity index (χ2n) is 4.24. The lowest BCUT2D eigenvalue weighted by molar-refractivity contribution is -0.144. The van der Waals surface area contributed by atoms with Crippen molar-refractivity contribution in [1.82, 2.24) is 0 Å². The zero-order valence-corrected chi connectivity index (χ0v) is 12.9. The van der Waals surface area contributed by atoms with Gasteiger partial charge in [0.15, 0.2) is 0 Å². The minimum Gasteiger partial charge on any atom is -0.481 e. The van der Waals surface area contributed by atoms with Crippen molar-refractivity contribution in [1.29, 1.82) is 0 Å². The molecule has 0 aromatic carbocycles. The Morgan fingerprint density at radius 1 is 0.850 bits per heavy atom. The van der Waals surface area contributed by atoms with Crippen molar-refractivity contribution in [3.63, 3.8) is 0 Å². The molecular formula is C14H28O6. The number of ether oxygens (including phenoxy) is 3. The molecule has 0 aromatic heterocycles. The molecule has 0 aliphatic rings. The Morgan fingerprint density at radius 2 is 1.30 bits per heavy atom. The van der Waals surface area contributed by atoms with Gasteiger partial charge in [-0.25, -0.2) is 0 Å². The Labute approximate surface area is 121 Å². The first-order valence-electron chi connectivity index (χ1n) is 6.87. The lowest BCUT2D eigenvalue weighted by Gasteiger charge is -2.04. The van der Waals surface area contributed by atoms with E-state index in [9.17, 15) is 4.79 Å².